The first-order valence-corrected chi connectivity index (χ1v) is 6.68. The van der Waals surface area contributed by atoms with E-state index in [0.29, 0.717) is 11.4 Å². The molecule has 0 fully saturated rings. The molecule has 0 saturated carbocycles. The molecular weight excluding hydrogens is 242 g/mol. The molecule has 0 spiro atoms. The van der Waals surface area contributed by atoms with Gasteiger partial charge in [0.05, 0.1) is 11.6 Å². The number of nitrogens with zero attached hydrogens (tertiary/aromatic N) is 2. The van der Waals surface area contributed by atoms with Gasteiger partial charge in [0.2, 0.25) is 0 Å². The second kappa shape index (κ2) is 5.19. The first-order chi connectivity index (χ1) is 8.61. The molecule has 0 radical (unpaired) electrons. The Morgan fingerprint density at radius 2 is 2.22 bits per heavy atom. The lowest BCUT2D eigenvalue weighted by molar-refractivity contribution is 0.891. The van der Waals surface area contributed by atoms with Gasteiger partial charge in [0.25, 0.3) is 0 Å². The van der Waals surface area contributed by atoms with Crippen LogP contribution in [0.2, 0.25) is 0 Å². The molecule has 1 unspecified atom stereocenters. The van der Waals surface area contributed by atoms with Crippen molar-refractivity contribution in [2.24, 2.45) is 0 Å². The van der Waals surface area contributed by atoms with Gasteiger partial charge < -0.3 is 5.32 Å². The minimum atomic E-state index is 0.158. The van der Waals surface area contributed by atoms with Crippen LogP contribution in [0.1, 0.15) is 34.7 Å². The van der Waals surface area contributed by atoms with Crippen molar-refractivity contribution in [3.8, 4) is 6.07 Å². The molecule has 2 aromatic heterocycles. The van der Waals surface area contributed by atoms with Gasteiger partial charge in [-0.3, -0.25) is 0 Å². The number of aromatic nitrogens is 1. The van der Waals surface area contributed by atoms with Crippen LogP contribution in [0.15, 0.2) is 23.6 Å². The van der Waals surface area contributed by atoms with E-state index in [9.17, 15) is 5.26 Å². The standard InChI is InChI=1S/C14H15N3S/c1-9-7-10(2)16-14(12(9)8-15)17-11(3)13-5-4-6-18-13/h4-7,11H,1-3H3,(H,16,17). The van der Waals surface area contributed by atoms with Gasteiger partial charge in [0.15, 0.2) is 0 Å². The maximum atomic E-state index is 9.21. The van der Waals surface area contributed by atoms with E-state index in [1.54, 1.807) is 11.3 Å². The number of hydrogen-bond acceptors (Lipinski definition) is 4. The van der Waals surface area contributed by atoms with E-state index >= 15 is 0 Å². The van der Waals surface area contributed by atoms with E-state index in [1.165, 1.54) is 4.88 Å². The molecule has 1 atom stereocenters. The third-order valence-corrected chi connectivity index (χ3v) is 3.83. The maximum absolute atomic E-state index is 9.21. The summed E-state index contributed by atoms with van der Waals surface area (Å²) in [5.41, 5.74) is 2.52. The molecule has 0 aliphatic heterocycles. The van der Waals surface area contributed by atoms with Crippen molar-refractivity contribution in [2.45, 2.75) is 26.8 Å². The number of hydrogen-bond donors (Lipinski definition) is 1. The number of rotatable bonds is 3. The predicted molar refractivity (Wildman–Crippen MR) is 74.8 cm³/mol. The minimum Gasteiger partial charge on any atom is -0.362 e. The summed E-state index contributed by atoms with van der Waals surface area (Å²) in [6.45, 7) is 5.95. The van der Waals surface area contributed by atoms with Crippen LogP contribution in [0.4, 0.5) is 5.82 Å². The minimum absolute atomic E-state index is 0.158. The van der Waals surface area contributed by atoms with Crippen molar-refractivity contribution in [1.82, 2.24) is 4.98 Å². The lowest BCUT2D eigenvalue weighted by Gasteiger charge is -2.15. The Morgan fingerprint density at radius 3 is 2.83 bits per heavy atom. The van der Waals surface area contributed by atoms with E-state index in [2.05, 4.69) is 29.4 Å². The maximum Gasteiger partial charge on any atom is 0.144 e. The van der Waals surface area contributed by atoms with Crippen molar-refractivity contribution in [1.29, 1.82) is 5.26 Å². The molecule has 0 amide bonds. The summed E-state index contributed by atoms with van der Waals surface area (Å²) in [4.78, 5) is 5.66. The topological polar surface area (TPSA) is 48.7 Å². The van der Waals surface area contributed by atoms with Crippen molar-refractivity contribution in [2.75, 3.05) is 5.32 Å². The molecule has 0 aliphatic carbocycles. The summed E-state index contributed by atoms with van der Waals surface area (Å²) in [7, 11) is 0. The summed E-state index contributed by atoms with van der Waals surface area (Å²) in [5, 5.41) is 14.6. The quantitative estimate of drug-likeness (QED) is 0.909. The predicted octanol–water partition coefficient (Wildman–Crippen LogP) is 3.80. The molecule has 2 heterocycles. The van der Waals surface area contributed by atoms with Crippen LogP contribution in [0.25, 0.3) is 0 Å². The summed E-state index contributed by atoms with van der Waals surface area (Å²) in [6.07, 6.45) is 0. The highest BCUT2D eigenvalue weighted by atomic mass is 32.1. The molecule has 4 heteroatoms. The van der Waals surface area contributed by atoms with Crippen molar-refractivity contribution in [3.05, 3.63) is 45.3 Å². The zero-order valence-corrected chi connectivity index (χ0v) is 11.5. The number of thiophene rings is 1. The zero-order valence-electron chi connectivity index (χ0n) is 10.7. The van der Waals surface area contributed by atoms with Crippen LogP contribution in [0, 0.1) is 25.2 Å². The second-order valence-corrected chi connectivity index (χ2v) is 5.28. The Hall–Kier alpha value is -1.86. The van der Waals surface area contributed by atoms with E-state index in [-0.39, 0.29) is 6.04 Å². The van der Waals surface area contributed by atoms with Crippen molar-refractivity contribution < 1.29 is 0 Å². The molecular formula is C14H15N3S. The van der Waals surface area contributed by atoms with Crippen LogP contribution in [0.3, 0.4) is 0 Å². The summed E-state index contributed by atoms with van der Waals surface area (Å²) in [6, 6.07) is 8.41. The Morgan fingerprint density at radius 1 is 1.44 bits per heavy atom. The van der Waals surface area contributed by atoms with Gasteiger partial charge in [0, 0.05) is 10.6 Å². The fourth-order valence-electron chi connectivity index (χ4n) is 1.90. The molecule has 3 nitrogen and oxygen atoms in total. The van der Waals surface area contributed by atoms with Crippen LogP contribution in [-0.4, -0.2) is 4.98 Å². The lowest BCUT2D eigenvalue weighted by Crippen LogP contribution is -2.09. The average Bonchev–Trinajstić information content (AvgIpc) is 2.81. The normalized spacial score (nSPS) is 11.9. The monoisotopic (exact) mass is 257 g/mol. The largest absolute Gasteiger partial charge is 0.362 e. The number of nitrogens with one attached hydrogen (secondary N) is 1. The highest BCUT2D eigenvalue weighted by Crippen LogP contribution is 2.25. The van der Waals surface area contributed by atoms with E-state index in [4.69, 9.17) is 0 Å². The third kappa shape index (κ3) is 2.52. The summed E-state index contributed by atoms with van der Waals surface area (Å²) in [5.74, 6) is 0.677. The van der Waals surface area contributed by atoms with Crippen molar-refractivity contribution in [3.63, 3.8) is 0 Å². The lowest BCUT2D eigenvalue weighted by atomic mass is 10.1. The molecule has 1 N–H and O–H groups in total. The second-order valence-electron chi connectivity index (χ2n) is 4.30. The Balaban J connectivity index is 2.32. The van der Waals surface area contributed by atoms with E-state index < -0.39 is 0 Å². The van der Waals surface area contributed by atoms with Gasteiger partial charge in [0.1, 0.15) is 11.9 Å². The number of anilines is 1. The van der Waals surface area contributed by atoms with Gasteiger partial charge in [-0.25, -0.2) is 4.98 Å². The molecule has 2 aromatic rings. The highest BCUT2D eigenvalue weighted by Gasteiger charge is 2.12. The van der Waals surface area contributed by atoms with Gasteiger partial charge in [-0.15, -0.1) is 11.3 Å². The molecule has 0 aromatic carbocycles. The Kier molecular flexibility index (Phi) is 3.63. The van der Waals surface area contributed by atoms with Gasteiger partial charge in [-0.2, -0.15) is 5.26 Å². The van der Waals surface area contributed by atoms with Gasteiger partial charge >= 0.3 is 0 Å². The Bertz CT molecular complexity index is 582. The van der Waals surface area contributed by atoms with Crippen LogP contribution in [-0.2, 0) is 0 Å². The first kappa shape index (κ1) is 12.6. The molecule has 0 aliphatic rings. The smallest absolute Gasteiger partial charge is 0.144 e. The van der Waals surface area contributed by atoms with Crippen LogP contribution >= 0.6 is 11.3 Å². The van der Waals surface area contributed by atoms with Crippen LogP contribution in [0.5, 0.6) is 0 Å². The fraction of sp³-hybridized carbons (Fsp3) is 0.286. The number of aryl methyl sites for hydroxylation is 2. The molecule has 18 heavy (non-hydrogen) atoms. The SMILES string of the molecule is Cc1cc(C)c(C#N)c(NC(C)c2cccs2)n1. The molecule has 0 saturated heterocycles. The van der Waals surface area contributed by atoms with Crippen LogP contribution < -0.4 is 5.32 Å². The van der Waals surface area contributed by atoms with Gasteiger partial charge in [-0.1, -0.05) is 6.07 Å². The number of pyridine rings is 1. The molecule has 92 valence electrons. The van der Waals surface area contributed by atoms with Gasteiger partial charge in [-0.05, 0) is 43.8 Å². The Labute approximate surface area is 111 Å². The average molecular weight is 257 g/mol. The molecule has 0 bridgehead atoms. The fourth-order valence-corrected chi connectivity index (χ4v) is 2.63. The van der Waals surface area contributed by atoms with E-state index in [0.717, 1.165) is 11.3 Å². The molecule has 2 rings (SSSR count). The summed E-state index contributed by atoms with van der Waals surface area (Å²) >= 11 is 1.70. The number of nitriles is 1. The van der Waals surface area contributed by atoms with Crippen molar-refractivity contribution >= 4 is 17.2 Å². The third-order valence-electron chi connectivity index (χ3n) is 2.78. The van der Waals surface area contributed by atoms with E-state index in [1.807, 2.05) is 31.4 Å². The highest BCUT2D eigenvalue weighted by molar-refractivity contribution is 7.10. The first-order valence-electron chi connectivity index (χ1n) is 5.80. The summed E-state index contributed by atoms with van der Waals surface area (Å²) < 4.78 is 0. The zero-order chi connectivity index (χ0) is 13.1.